The molecule has 0 radical (unpaired) electrons. The highest BCUT2D eigenvalue weighted by Gasteiger charge is 2.00. The summed E-state index contributed by atoms with van der Waals surface area (Å²) in [5.74, 6) is 0. The molecule has 0 rings (SSSR count). The number of aliphatic hydroxyl groups is 2. The Morgan fingerprint density at radius 3 is 1.88 bits per heavy atom. The van der Waals surface area contributed by atoms with E-state index in [1.54, 1.807) is 7.11 Å². The lowest BCUT2D eigenvalue weighted by Crippen LogP contribution is -2.21. The van der Waals surface area contributed by atoms with E-state index in [-0.39, 0.29) is 13.2 Å². The fraction of sp³-hybridized carbons (Fsp3) is 1.00. The van der Waals surface area contributed by atoms with E-state index in [0.29, 0.717) is 39.6 Å². The summed E-state index contributed by atoms with van der Waals surface area (Å²) in [6.07, 6.45) is -0.808. The van der Waals surface area contributed by atoms with Crippen LogP contribution in [0.3, 0.4) is 0 Å². The van der Waals surface area contributed by atoms with Crippen molar-refractivity contribution in [2.45, 2.75) is 6.10 Å². The maximum atomic E-state index is 8.93. The fourth-order valence-electron chi connectivity index (χ4n) is 0.854. The summed E-state index contributed by atoms with van der Waals surface area (Å²) >= 11 is 0. The molecular formula is C10H22O6. The number of ether oxygens (including phenoxy) is 4. The summed E-state index contributed by atoms with van der Waals surface area (Å²) in [5.41, 5.74) is 0. The second-order valence-electron chi connectivity index (χ2n) is 3.13. The zero-order valence-corrected chi connectivity index (χ0v) is 9.76. The zero-order chi connectivity index (χ0) is 12.1. The molecule has 2 N–H and O–H groups in total. The molecule has 0 saturated heterocycles. The molecule has 6 heteroatoms. The summed E-state index contributed by atoms with van der Waals surface area (Å²) in [5, 5.41) is 17.4. The summed E-state index contributed by atoms with van der Waals surface area (Å²) in [6.45, 7) is 2.89. The van der Waals surface area contributed by atoms with Crippen molar-refractivity contribution in [3.8, 4) is 0 Å². The maximum Gasteiger partial charge on any atom is 0.100 e. The first-order valence-electron chi connectivity index (χ1n) is 5.32. The third-order valence-corrected chi connectivity index (χ3v) is 1.70. The highest BCUT2D eigenvalue weighted by Crippen LogP contribution is 1.85. The minimum Gasteiger partial charge on any atom is -0.394 e. The Balaban J connectivity index is 2.93. The van der Waals surface area contributed by atoms with Crippen molar-refractivity contribution in [3.63, 3.8) is 0 Å². The standard InChI is InChI=1S/C10H22O6/c1-13-2-3-14-4-5-15-6-7-16-9-10(12)8-11/h10-12H,2-9H2,1H3. The van der Waals surface area contributed by atoms with Gasteiger partial charge in [0.1, 0.15) is 6.10 Å². The molecule has 0 fully saturated rings. The molecule has 0 bridgehead atoms. The van der Waals surface area contributed by atoms with Crippen LogP contribution in [-0.4, -0.2) is 76.3 Å². The van der Waals surface area contributed by atoms with Gasteiger partial charge in [-0.3, -0.25) is 0 Å². The van der Waals surface area contributed by atoms with Crippen LogP contribution in [0.15, 0.2) is 0 Å². The average molecular weight is 238 g/mol. The summed E-state index contributed by atoms with van der Waals surface area (Å²) in [6, 6.07) is 0. The first-order chi connectivity index (χ1) is 7.81. The zero-order valence-electron chi connectivity index (χ0n) is 9.76. The van der Waals surface area contributed by atoms with E-state index in [0.717, 1.165) is 0 Å². The highest BCUT2D eigenvalue weighted by molar-refractivity contribution is 4.48. The largest absolute Gasteiger partial charge is 0.394 e. The van der Waals surface area contributed by atoms with Crippen molar-refractivity contribution >= 4 is 0 Å². The third-order valence-electron chi connectivity index (χ3n) is 1.70. The van der Waals surface area contributed by atoms with Gasteiger partial charge in [-0.25, -0.2) is 0 Å². The maximum absolute atomic E-state index is 8.93. The monoisotopic (exact) mass is 238 g/mol. The van der Waals surface area contributed by atoms with Crippen molar-refractivity contribution in [2.24, 2.45) is 0 Å². The Labute approximate surface area is 96.1 Å². The van der Waals surface area contributed by atoms with E-state index < -0.39 is 6.10 Å². The molecule has 0 saturated carbocycles. The number of rotatable bonds is 12. The van der Waals surface area contributed by atoms with E-state index in [1.165, 1.54) is 0 Å². The predicted octanol–water partition coefficient (Wildman–Crippen LogP) is -0.964. The Kier molecular flexibility index (Phi) is 12.6. The van der Waals surface area contributed by atoms with Gasteiger partial charge < -0.3 is 29.2 Å². The molecule has 6 nitrogen and oxygen atoms in total. The second kappa shape index (κ2) is 12.8. The SMILES string of the molecule is COCCOCCOCCOCC(O)CO. The molecule has 0 spiro atoms. The number of aliphatic hydroxyl groups excluding tert-OH is 2. The van der Waals surface area contributed by atoms with Crippen LogP contribution in [0.25, 0.3) is 0 Å². The fourth-order valence-corrected chi connectivity index (χ4v) is 0.854. The molecule has 1 atom stereocenters. The van der Waals surface area contributed by atoms with Crippen LogP contribution in [0, 0.1) is 0 Å². The van der Waals surface area contributed by atoms with Crippen molar-refractivity contribution in [3.05, 3.63) is 0 Å². The van der Waals surface area contributed by atoms with Gasteiger partial charge in [-0.15, -0.1) is 0 Å². The van der Waals surface area contributed by atoms with Crippen molar-refractivity contribution in [1.29, 1.82) is 0 Å². The van der Waals surface area contributed by atoms with Crippen LogP contribution in [0.5, 0.6) is 0 Å². The van der Waals surface area contributed by atoms with Crippen LogP contribution in [0.1, 0.15) is 0 Å². The Hall–Kier alpha value is -0.240. The normalized spacial score (nSPS) is 12.9. The Morgan fingerprint density at radius 1 is 0.875 bits per heavy atom. The lowest BCUT2D eigenvalue weighted by molar-refractivity contribution is -0.0253. The lowest BCUT2D eigenvalue weighted by atomic mass is 10.4. The molecule has 0 amide bonds. The van der Waals surface area contributed by atoms with E-state index in [1.807, 2.05) is 0 Å². The predicted molar refractivity (Wildman–Crippen MR) is 57.4 cm³/mol. The summed E-state index contributed by atoms with van der Waals surface area (Å²) < 4.78 is 20.2. The van der Waals surface area contributed by atoms with Crippen molar-refractivity contribution in [1.82, 2.24) is 0 Å². The van der Waals surface area contributed by atoms with Gasteiger partial charge in [0.2, 0.25) is 0 Å². The summed E-state index contributed by atoms with van der Waals surface area (Å²) in [4.78, 5) is 0. The molecule has 16 heavy (non-hydrogen) atoms. The lowest BCUT2D eigenvalue weighted by Gasteiger charge is -2.08. The van der Waals surface area contributed by atoms with Crippen LogP contribution < -0.4 is 0 Å². The number of hydrogen-bond acceptors (Lipinski definition) is 6. The number of hydrogen-bond donors (Lipinski definition) is 2. The van der Waals surface area contributed by atoms with Gasteiger partial charge in [0.25, 0.3) is 0 Å². The van der Waals surface area contributed by atoms with Gasteiger partial charge >= 0.3 is 0 Å². The first-order valence-corrected chi connectivity index (χ1v) is 5.32. The van der Waals surface area contributed by atoms with Crippen molar-refractivity contribution < 1.29 is 29.2 Å². The minimum absolute atomic E-state index is 0.129. The van der Waals surface area contributed by atoms with Crippen LogP contribution >= 0.6 is 0 Å². The quantitative estimate of drug-likeness (QED) is 0.426. The highest BCUT2D eigenvalue weighted by atomic mass is 16.6. The second-order valence-corrected chi connectivity index (χ2v) is 3.13. The molecule has 0 aromatic heterocycles. The van der Waals surface area contributed by atoms with E-state index in [2.05, 4.69) is 0 Å². The molecule has 0 aliphatic heterocycles. The van der Waals surface area contributed by atoms with E-state index in [4.69, 9.17) is 29.2 Å². The molecule has 1 unspecified atom stereocenters. The molecule has 0 heterocycles. The molecule has 0 aliphatic carbocycles. The molecule has 0 aliphatic rings. The molecular weight excluding hydrogens is 216 g/mol. The minimum atomic E-state index is -0.808. The molecule has 0 aromatic carbocycles. The van der Waals surface area contributed by atoms with E-state index >= 15 is 0 Å². The molecule has 0 aromatic rings. The van der Waals surface area contributed by atoms with Crippen LogP contribution in [0.4, 0.5) is 0 Å². The van der Waals surface area contributed by atoms with Crippen LogP contribution in [-0.2, 0) is 18.9 Å². The first kappa shape index (κ1) is 15.8. The Morgan fingerprint density at radius 2 is 1.38 bits per heavy atom. The van der Waals surface area contributed by atoms with Gasteiger partial charge in [-0.1, -0.05) is 0 Å². The van der Waals surface area contributed by atoms with Crippen molar-refractivity contribution in [2.75, 3.05) is 60.0 Å². The average Bonchev–Trinajstić information content (AvgIpc) is 2.31. The smallest absolute Gasteiger partial charge is 0.100 e. The van der Waals surface area contributed by atoms with E-state index in [9.17, 15) is 0 Å². The van der Waals surface area contributed by atoms with Crippen LogP contribution in [0.2, 0.25) is 0 Å². The van der Waals surface area contributed by atoms with Gasteiger partial charge in [0.05, 0.1) is 52.9 Å². The topological polar surface area (TPSA) is 77.4 Å². The van der Waals surface area contributed by atoms with Gasteiger partial charge in [0.15, 0.2) is 0 Å². The Bertz CT molecular complexity index is 132. The van der Waals surface area contributed by atoms with Gasteiger partial charge in [-0.2, -0.15) is 0 Å². The summed E-state index contributed by atoms with van der Waals surface area (Å²) in [7, 11) is 1.62. The van der Waals surface area contributed by atoms with Gasteiger partial charge in [0, 0.05) is 7.11 Å². The van der Waals surface area contributed by atoms with Gasteiger partial charge in [-0.05, 0) is 0 Å². The molecule has 98 valence electrons. The third kappa shape index (κ3) is 11.8. The number of methoxy groups -OCH3 is 1.